The monoisotopic (exact) mass is 480 g/mol. The molecular weight excluding hydrogens is 456 g/mol. The van der Waals surface area contributed by atoms with E-state index in [1.807, 2.05) is 5.38 Å². The maximum absolute atomic E-state index is 13.2. The lowest BCUT2D eigenvalue weighted by Crippen LogP contribution is -2.45. The summed E-state index contributed by atoms with van der Waals surface area (Å²) in [5.74, 6) is 0.368. The molecule has 1 saturated heterocycles. The summed E-state index contributed by atoms with van der Waals surface area (Å²) in [7, 11) is -3.68. The smallest absolute Gasteiger partial charge is 0.252 e. The van der Waals surface area contributed by atoms with E-state index in [1.165, 1.54) is 14.7 Å². The maximum atomic E-state index is 13.2. The van der Waals surface area contributed by atoms with E-state index in [1.54, 1.807) is 29.7 Å². The molecule has 1 amide bonds. The zero-order chi connectivity index (χ0) is 22.0. The van der Waals surface area contributed by atoms with Crippen molar-refractivity contribution in [3.05, 3.63) is 39.2 Å². The summed E-state index contributed by atoms with van der Waals surface area (Å²) in [6.07, 6.45) is 2.13. The number of sulfonamides is 1. The minimum absolute atomic E-state index is 0.0803. The van der Waals surface area contributed by atoms with Crippen LogP contribution in [0.25, 0.3) is 11.4 Å². The summed E-state index contributed by atoms with van der Waals surface area (Å²) < 4.78 is 32.9. The van der Waals surface area contributed by atoms with E-state index in [4.69, 9.17) is 4.52 Å². The van der Waals surface area contributed by atoms with Crippen LogP contribution in [0, 0.1) is 19.8 Å². The number of hydrogen-bond donors (Lipinski definition) is 1. The number of carbonyl (C=O) groups is 1. The Hall–Kier alpha value is -2.08. The zero-order valence-electron chi connectivity index (χ0n) is 17.3. The van der Waals surface area contributed by atoms with Gasteiger partial charge in [-0.05, 0) is 49.3 Å². The minimum atomic E-state index is -3.68. The first kappa shape index (κ1) is 22.1. The number of nitrogens with zero attached hydrogens (tertiary/aromatic N) is 3. The third-order valence-electron chi connectivity index (χ3n) is 5.33. The third kappa shape index (κ3) is 4.89. The van der Waals surface area contributed by atoms with Crippen LogP contribution in [0.5, 0.6) is 0 Å². The molecule has 1 N–H and O–H groups in total. The molecule has 8 nitrogen and oxygen atoms in total. The SMILES string of the molecule is Cc1nc(-c2csc(S(=O)(=O)N3CCC[C@H](C(=O)NCCc4sccc4C)C3)c2)no1. The van der Waals surface area contributed by atoms with Gasteiger partial charge >= 0.3 is 0 Å². The topological polar surface area (TPSA) is 105 Å². The fourth-order valence-electron chi connectivity index (χ4n) is 3.59. The Kier molecular flexibility index (Phi) is 6.56. The van der Waals surface area contributed by atoms with Crippen LogP contribution in [0.15, 0.2) is 31.6 Å². The maximum Gasteiger partial charge on any atom is 0.252 e. The molecule has 4 heterocycles. The molecule has 166 valence electrons. The number of aryl methyl sites for hydroxylation is 2. The Morgan fingerprint density at radius 3 is 2.90 bits per heavy atom. The van der Waals surface area contributed by atoms with Crippen molar-refractivity contribution in [1.29, 1.82) is 0 Å². The Labute approximate surface area is 189 Å². The van der Waals surface area contributed by atoms with Gasteiger partial charge in [0.25, 0.3) is 10.0 Å². The first-order chi connectivity index (χ1) is 14.8. The van der Waals surface area contributed by atoms with Crippen LogP contribution in [-0.4, -0.2) is 48.4 Å². The summed E-state index contributed by atoms with van der Waals surface area (Å²) in [4.78, 5) is 18.1. The number of amides is 1. The molecule has 0 spiro atoms. The second-order valence-electron chi connectivity index (χ2n) is 7.56. The minimum Gasteiger partial charge on any atom is -0.355 e. The molecule has 3 aromatic rings. The summed E-state index contributed by atoms with van der Waals surface area (Å²) >= 11 is 2.81. The van der Waals surface area contributed by atoms with Gasteiger partial charge in [0.15, 0.2) is 0 Å². The van der Waals surface area contributed by atoms with Crippen molar-refractivity contribution in [3.8, 4) is 11.4 Å². The van der Waals surface area contributed by atoms with Crippen molar-refractivity contribution in [1.82, 2.24) is 19.8 Å². The molecule has 3 aromatic heterocycles. The fraction of sp³-hybridized carbons (Fsp3) is 0.450. The van der Waals surface area contributed by atoms with Crippen LogP contribution < -0.4 is 5.32 Å². The van der Waals surface area contributed by atoms with Gasteiger partial charge in [0.1, 0.15) is 4.21 Å². The first-order valence-corrected chi connectivity index (χ1v) is 13.2. The molecule has 1 aliphatic heterocycles. The highest BCUT2D eigenvalue weighted by molar-refractivity contribution is 7.91. The average Bonchev–Trinajstić information content (AvgIpc) is 3.50. The molecule has 0 saturated carbocycles. The molecule has 31 heavy (non-hydrogen) atoms. The highest BCUT2D eigenvalue weighted by Crippen LogP contribution is 2.31. The van der Waals surface area contributed by atoms with Crippen LogP contribution >= 0.6 is 22.7 Å². The third-order valence-corrected chi connectivity index (χ3v) is 9.69. The quantitative estimate of drug-likeness (QED) is 0.557. The summed E-state index contributed by atoms with van der Waals surface area (Å²) in [5.41, 5.74) is 1.84. The molecule has 1 fully saturated rings. The van der Waals surface area contributed by atoms with Crippen molar-refractivity contribution in [3.63, 3.8) is 0 Å². The second kappa shape index (κ2) is 9.19. The van der Waals surface area contributed by atoms with E-state index < -0.39 is 10.0 Å². The number of hydrogen-bond acceptors (Lipinski definition) is 8. The Morgan fingerprint density at radius 1 is 1.35 bits per heavy atom. The van der Waals surface area contributed by atoms with E-state index in [2.05, 4.69) is 28.4 Å². The lowest BCUT2D eigenvalue weighted by atomic mass is 9.99. The Bertz CT molecular complexity index is 1160. The molecule has 0 aromatic carbocycles. The van der Waals surface area contributed by atoms with Gasteiger partial charge in [-0.2, -0.15) is 9.29 Å². The largest absolute Gasteiger partial charge is 0.355 e. The average molecular weight is 481 g/mol. The molecule has 0 aliphatic carbocycles. The van der Waals surface area contributed by atoms with Crippen molar-refractivity contribution in [2.75, 3.05) is 19.6 Å². The van der Waals surface area contributed by atoms with E-state index in [0.29, 0.717) is 43.2 Å². The standard InChI is InChI=1S/C20H24N4O4S3/c1-13-6-9-29-17(13)5-7-21-20(25)15-4-3-8-24(11-15)31(26,27)18-10-16(12-30-18)19-22-14(2)28-23-19/h6,9-10,12,15H,3-5,7-8,11H2,1-2H3,(H,21,25)/t15-/m0/s1. The van der Waals surface area contributed by atoms with Crippen molar-refractivity contribution in [2.24, 2.45) is 5.92 Å². The van der Waals surface area contributed by atoms with Crippen LogP contribution in [0.1, 0.15) is 29.2 Å². The van der Waals surface area contributed by atoms with Gasteiger partial charge in [-0.1, -0.05) is 5.16 Å². The molecule has 4 rings (SSSR count). The van der Waals surface area contributed by atoms with Gasteiger partial charge < -0.3 is 9.84 Å². The van der Waals surface area contributed by atoms with E-state index in [0.717, 1.165) is 17.8 Å². The summed E-state index contributed by atoms with van der Waals surface area (Å²) in [5, 5.41) is 10.6. The summed E-state index contributed by atoms with van der Waals surface area (Å²) in [6, 6.07) is 3.64. The predicted octanol–water partition coefficient (Wildman–Crippen LogP) is 3.24. The van der Waals surface area contributed by atoms with Gasteiger partial charge in [0, 0.05) is 42.4 Å². The van der Waals surface area contributed by atoms with Crippen LogP contribution in [0.4, 0.5) is 0 Å². The van der Waals surface area contributed by atoms with Gasteiger partial charge in [-0.25, -0.2) is 8.42 Å². The number of rotatable bonds is 7. The van der Waals surface area contributed by atoms with Crippen LogP contribution in [-0.2, 0) is 21.2 Å². The molecule has 0 radical (unpaired) electrons. The Morgan fingerprint density at radius 2 is 2.19 bits per heavy atom. The van der Waals surface area contributed by atoms with Crippen LogP contribution in [0.2, 0.25) is 0 Å². The molecule has 0 unspecified atom stereocenters. The number of nitrogens with one attached hydrogen (secondary N) is 1. The lowest BCUT2D eigenvalue weighted by Gasteiger charge is -2.30. The number of carbonyl (C=O) groups excluding carboxylic acids is 1. The molecule has 0 bridgehead atoms. The lowest BCUT2D eigenvalue weighted by molar-refractivity contribution is -0.126. The number of thiophene rings is 2. The molecule has 1 aliphatic rings. The predicted molar refractivity (Wildman–Crippen MR) is 120 cm³/mol. The van der Waals surface area contributed by atoms with Crippen molar-refractivity contribution < 1.29 is 17.7 Å². The first-order valence-electron chi connectivity index (χ1n) is 10.0. The number of aromatic nitrogens is 2. The van der Waals surface area contributed by atoms with Gasteiger partial charge in [0.2, 0.25) is 17.6 Å². The normalized spacial score (nSPS) is 17.7. The van der Waals surface area contributed by atoms with Crippen molar-refractivity contribution >= 4 is 38.6 Å². The van der Waals surface area contributed by atoms with Gasteiger partial charge in [-0.3, -0.25) is 4.79 Å². The van der Waals surface area contributed by atoms with Gasteiger partial charge in [0.05, 0.1) is 5.92 Å². The van der Waals surface area contributed by atoms with E-state index in [-0.39, 0.29) is 22.6 Å². The van der Waals surface area contributed by atoms with Crippen molar-refractivity contribution in [2.45, 2.75) is 37.3 Å². The molecule has 1 atom stereocenters. The number of piperidine rings is 1. The highest BCUT2D eigenvalue weighted by Gasteiger charge is 2.34. The highest BCUT2D eigenvalue weighted by atomic mass is 32.2. The molecule has 11 heteroatoms. The Balaban J connectivity index is 1.38. The molecular formula is C20H24N4O4S3. The van der Waals surface area contributed by atoms with Crippen LogP contribution in [0.3, 0.4) is 0 Å². The fourth-order valence-corrected chi connectivity index (χ4v) is 7.34. The zero-order valence-corrected chi connectivity index (χ0v) is 19.8. The van der Waals surface area contributed by atoms with E-state index in [9.17, 15) is 13.2 Å². The van der Waals surface area contributed by atoms with Gasteiger partial charge in [-0.15, -0.1) is 22.7 Å². The summed E-state index contributed by atoms with van der Waals surface area (Å²) in [6.45, 7) is 4.91. The van der Waals surface area contributed by atoms with E-state index >= 15 is 0 Å². The second-order valence-corrected chi connectivity index (χ2v) is 11.6.